The number of phenols is 2. The third-order valence-electron chi connectivity index (χ3n) is 7.51. The van der Waals surface area contributed by atoms with Gasteiger partial charge < -0.3 is 20.0 Å². The van der Waals surface area contributed by atoms with Crippen molar-refractivity contribution in [2.24, 2.45) is 0 Å². The number of aromatic hydroxyl groups is 2. The number of hydrogen-bond acceptors (Lipinski definition) is 4. The number of carbonyl (C=O) groups excluding carboxylic acids is 2. The molecule has 50 heavy (non-hydrogen) atoms. The van der Waals surface area contributed by atoms with Crippen molar-refractivity contribution in [1.29, 1.82) is 0 Å². The molecule has 6 nitrogen and oxygen atoms in total. The fraction of sp³-hybridized carbons (Fsp3) is 0.409. The van der Waals surface area contributed by atoms with E-state index in [4.69, 9.17) is 0 Å². The average molecular weight is 687 g/mol. The fourth-order valence-electron chi connectivity index (χ4n) is 5.01. The van der Waals surface area contributed by atoms with Gasteiger partial charge in [-0.2, -0.15) is 0 Å². The lowest BCUT2D eigenvalue weighted by Crippen LogP contribution is -2.24. The Morgan fingerprint density at radius 3 is 0.940 bits per heavy atom. The summed E-state index contributed by atoms with van der Waals surface area (Å²) in [5.74, 6) is 0.289. The summed E-state index contributed by atoms with van der Waals surface area (Å²) in [6.07, 6.45) is 0.685. The summed E-state index contributed by atoms with van der Waals surface area (Å²) in [4.78, 5) is 27.5. The molecule has 0 aliphatic heterocycles. The molecule has 6 heteroatoms. The van der Waals surface area contributed by atoms with Crippen LogP contribution in [0.1, 0.15) is 113 Å². The third kappa shape index (κ3) is 15.3. The van der Waals surface area contributed by atoms with E-state index in [9.17, 15) is 19.8 Å². The molecule has 2 N–H and O–H groups in total. The number of aryl methyl sites for hydroxylation is 2. The van der Waals surface area contributed by atoms with Gasteiger partial charge in [-0.15, -0.1) is 0 Å². The monoisotopic (exact) mass is 687 g/mol. The lowest BCUT2D eigenvalue weighted by atomic mass is 9.85. The normalized spacial score (nSPS) is 10.5. The highest BCUT2D eigenvalue weighted by Gasteiger charge is 2.24. The number of carbonyl (C=O) groups is 2. The van der Waals surface area contributed by atoms with Gasteiger partial charge in [-0.1, -0.05) is 140 Å². The molecule has 0 unspecified atom stereocenters. The molecule has 4 rings (SSSR count). The van der Waals surface area contributed by atoms with Gasteiger partial charge in [-0.3, -0.25) is 9.59 Å². The summed E-state index contributed by atoms with van der Waals surface area (Å²) in [5, 5.41) is 20.3. The first-order valence-electron chi connectivity index (χ1n) is 18.1. The smallest absolute Gasteiger partial charge is 0.223 e. The standard InChI is InChI=1S/2C18H21NO2.4C2H6/c2*1-13-8-4-5-9-14(13)16(12-18(21)19(2)3)15-10-6-7-11-17(15)20;4*1-2/h2*4-11,16,20H,12H2,1-3H3;4*1-2H3/t2*16-;;;;/m10..../s1. The summed E-state index contributed by atoms with van der Waals surface area (Å²) in [6.45, 7) is 20.1. The van der Waals surface area contributed by atoms with Gasteiger partial charge in [0, 0.05) is 64.0 Å². The van der Waals surface area contributed by atoms with Crippen LogP contribution in [0.15, 0.2) is 97.1 Å². The number of benzene rings is 4. The van der Waals surface area contributed by atoms with Crippen LogP contribution in [0.5, 0.6) is 11.5 Å². The minimum Gasteiger partial charge on any atom is -0.508 e. The van der Waals surface area contributed by atoms with Gasteiger partial charge in [0.1, 0.15) is 11.5 Å². The maximum Gasteiger partial charge on any atom is 0.223 e. The average Bonchev–Trinajstić information content (AvgIpc) is 3.14. The van der Waals surface area contributed by atoms with Gasteiger partial charge in [-0.25, -0.2) is 0 Å². The highest BCUT2D eigenvalue weighted by Crippen LogP contribution is 2.36. The van der Waals surface area contributed by atoms with Crippen molar-refractivity contribution in [3.05, 3.63) is 130 Å². The van der Waals surface area contributed by atoms with Gasteiger partial charge >= 0.3 is 0 Å². The predicted molar refractivity (Wildman–Crippen MR) is 214 cm³/mol. The Hall–Kier alpha value is -4.58. The quantitative estimate of drug-likeness (QED) is 0.193. The van der Waals surface area contributed by atoms with Gasteiger partial charge in [-0.05, 0) is 48.2 Å². The van der Waals surface area contributed by atoms with E-state index < -0.39 is 0 Å². The molecule has 0 saturated heterocycles. The summed E-state index contributed by atoms with van der Waals surface area (Å²) < 4.78 is 0. The molecule has 0 fully saturated rings. The van der Waals surface area contributed by atoms with Crippen molar-refractivity contribution < 1.29 is 19.8 Å². The van der Waals surface area contributed by atoms with Gasteiger partial charge in [0.25, 0.3) is 0 Å². The van der Waals surface area contributed by atoms with Crippen LogP contribution in [-0.4, -0.2) is 60.0 Å². The van der Waals surface area contributed by atoms with Crippen LogP contribution in [0, 0.1) is 13.8 Å². The molecule has 0 aromatic heterocycles. The van der Waals surface area contributed by atoms with Crippen molar-refractivity contribution in [3.63, 3.8) is 0 Å². The number of rotatable bonds is 8. The highest BCUT2D eigenvalue weighted by atomic mass is 16.3. The van der Waals surface area contributed by atoms with E-state index in [-0.39, 0.29) is 35.1 Å². The van der Waals surface area contributed by atoms with Crippen LogP contribution in [0.3, 0.4) is 0 Å². The Bertz CT molecular complexity index is 1290. The van der Waals surface area contributed by atoms with Crippen molar-refractivity contribution in [1.82, 2.24) is 9.80 Å². The second-order valence-corrected chi connectivity index (χ2v) is 10.9. The number of hydrogen-bond donors (Lipinski definition) is 2. The molecule has 0 radical (unpaired) electrons. The Morgan fingerprint density at radius 2 is 0.700 bits per heavy atom. The molecule has 0 aliphatic carbocycles. The molecule has 276 valence electrons. The van der Waals surface area contributed by atoms with E-state index in [1.165, 1.54) is 0 Å². The Balaban J connectivity index is 0. The van der Waals surface area contributed by atoms with Crippen molar-refractivity contribution in [2.45, 2.75) is 93.9 Å². The molecule has 0 heterocycles. The van der Waals surface area contributed by atoms with E-state index in [0.29, 0.717) is 12.8 Å². The molecule has 0 spiro atoms. The number of nitrogens with zero attached hydrogens (tertiary/aromatic N) is 2. The molecular weight excluding hydrogens is 620 g/mol. The van der Waals surface area contributed by atoms with Crippen LogP contribution < -0.4 is 0 Å². The summed E-state index contributed by atoms with van der Waals surface area (Å²) >= 11 is 0. The Morgan fingerprint density at radius 1 is 0.460 bits per heavy atom. The summed E-state index contributed by atoms with van der Waals surface area (Å²) in [6, 6.07) is 30.5. The number of para-hydroxylation sites is 2. The van der Waals surface area contributed by atoms with Crippen LogP contribution >= 0.6 is 0 Å². The predicted octanol–water partition coefficient (Wildman–Crippen LogP) is 10.7. The molecule has 0 saturated carbocycles. The zero-order valence-corrected chi connectivity index (χ0v) is 33.4. The van der Waals surface area contributed by atoms with Crippen molar-refractivity contribution in [2.75, 3.05) is 28.2 Å². The van der Waals surface area contributed by atoms with Gasteiger partial charge in [0.15, 0.2) is 0 Å². The Kier molecular flexibility index (Phi) is 25.9. The molecule has 2 atom stereocenters. The second kappa shape index (κ2) is 27.3. The van der Waals surface area contributed by atoms with Crippen LogP contribution in [0.25, 0.3) is 0 Å². The molecule has 4 aromatic carbocycles. The largest absolute Gasteiger partial charge is 0.508 e. The SMILES string of the molecule is CC.CC.CC.CC.Cc1ccccc1[C@@H](CC(=O)N(C)C)c1ccccc1O.Cc1ccccc1[C@H](CC(=O)N(C)C)c1ccccc1O. The van der Waals surface area contributed by atoms with Gasteiger partial charge in [0.2, 0.25) is 11.8 Å². The highest BCUT2D eigenvalue weighted by molar-refractivity contribution is 5.78. The Labute approximate surface area is 304 Å². The molecular formula is C44H66N2O4. The van der Waals surface area contributed by atoms with Crippen molar-refractivity contribution >= 4 is 11.8 Å². The fourth-order valence-corrected chi connectivity index (χ4v) is 5.01. The van der Waals surface area contributed by atoms with E-state index in [1.54, 1.807) is 62.3 Å². The first-order chi connectivity index (χ1) is 24.0. The van der Waals surface area contributed by atoms with Crippen molar-refractivity contribution in [3.8, 4) is 11.5 Å². The maximum absolute atomic E-state index is 12.2. The zero-order valence-electron chi connectivity index (χ0n) is 33.4. The molecule has 0 bridgehead atoms. The van der Waals surface area contributed by atoms with Crippen LogP contribution in [0.4, 0.5) is 0 Å². The summed E-state index contributed by atoms with van der Waals surface area (Å²) in [5.41, 5.74) is 5.99. The molecule has 2 amide bonds. The minimum absolute atomic E-state index is 0.0477. The van der Waals surface area contributed by atoms with Crippen LogP contribution in [-0.2, 0) is 9.59 Å². The minimum atomic E-state index is -0.137. The number of amides is 2. The van der Waals surface area contributed by atoms with E-state index in [1.807, 2.05) is 142 Å². The number of phenolic OH excluding ortho intramolecular Hbond substituents is 2. The lowest BCUT2D eigenvalue weighted by molar-refractivity contribution is -0.129. The zero-order chi connectivity index (χ0) is 38.8. The van der Waals surface area contributed by atoms with E-state index in [0.717, 1.165) is 33.4 Å². The molecule has 4 aromatic rings. The van der Waals surface area contributed by atoms with E-state index >= 15 is 0 Å². The van der Waals surface area contributed by atoms with E-state index in [2.05, 4.69) is 0 Å². The topological polar surface area (TPSA) is 81.1 Å². The van der Waals surface area contributed by atoms with Gasteiger partial charge in [0.05, 0.1) is 0 Å². The third-order valence-corrected chi connectivity index (χ3v) is 7.51. The first-order valence-corrected chi connectivity index (χ1v) is 18.1. The second-order valence-electron chi connectivity index (χ2n) is 10.9. The molecule has 0 aliphatic rings. The first kappa shape index (κ1) is 47.5. The maximum atomic E-state index is 12.2. The lowest BCUT2D eigenvalue weighted by Gasteiger charge is -2.22. The van der Waals surface area contributed by atoms with Crippen LogP contribution in [0.2, 0.25) is 0 Å². The summed E-state index contributed by atoms with van der Waals surface area (Å²) in [7, 11) is 7.01.